The second-order valence-electron chi connectivity index (χ2n) is 4.95. The van der Waals surface area contributed by atoms with Crippen molar-refractivity contribution in [1.82, 2.24) is 5.32 Å². The minimum atomic E-state index is -4.33. The van der Waals surface area contributed by atoms with Gasteiger partial charge in [-0.25, -0.2) is 4.79 Å². The number of hydrogen-bond donors (Lipinski definition) is 5. The Balaban J connectivity index is 2.92. The number of piperidine rings is 1. The smallest absolute Gasteiger partial charge is 0.331 e. The molecule has 1 heterocycles. The zero-order valence-corrected chi connectivity index (χ0v) is 11.4. The summed E-state index contributed by atoms with van der Waals surface area (Å²) in [4.78, 5) is 28.9. The van der Waals surface area contributed by atoms with Gasteiger partial charge in [-0.05, 0) is 25.8 Å². The Kier molecular flexibility index (Phi) is 5.04. The maximum absolute atomic E-state index is 11.0. The van der Waals surface area contributed by atoms with Crippen LogP contribution < -0.4 is 5.32 Å². The highest BCUT2D eigenvalue weighted by atomic mass is 31.2. The monoisotopic (exact) mass is 290 g/mol. The van der Waals surface area contributed by atoms with Crippen LogP contribution in [0.2, 0.25) is 0 Å². The molecule has 1 fully saturated rings. The number of carboxylic acids is 1. The summed E-state index contributed by atoms with van der Waals surface area (Å²) in [6, 6.07) is 0. The maximum atomic E-state index is 11.0. The Labute approximate surface area is 111 Å². The van der Waals surface area contributed by atoms with Gasteiger partial charge in [0.15, 0.2) is 0 Å². The van der Waals surface area contributed by atoms with Crippen molar-refractivity contribution in [1.29, 1.82) is 5.41 Å². The Bertz CT molecular complexity index is 436. The summed E-state index contributed by atoms with van der Waals surface area (Å²) in [5.41, 5.74) is -0.996. The molecule has 1 saturated heterocycles. The second kappa shape index (κ2) is 5.96. The normalized spacial score (nSPS) is 23.9. The van der Waals surface area contributed by atoms with Crippen molar-refractivity contribution >= 4 is 19.3 Å². The van der Waals surface area contributed by atoms with Gasteiger partial charge in [0.05, 0.1) is 6.16 Å². The van der Waals surface area contributed by atoms with Gasteiger partial charge in [-0.15, -0.1) is 0 Å². The van der Waals surface area contributed by atoms with Crippen LogP contribution in [0.3, 0.4) is 0 Å². The van der Waals surface area contributed by atoms with Crippen LogP contribution in [0.1, 0.15) is 19.3 Å². The van der Waals surface area contributed by atoms with Crippen molar-refractivity contribution in [2.24, 2.45) is 5.41 Å². The number of rotatable bonds is 6. The number of nitrogens with one attached hydrogen (secondary N) is 2. The van der Waals surface area contributed by atoms with Crippen molar-refractivity contribution in [3.8, 4) is 0 Å². The van der Waals surface area contributed by atoms with Gasteiger partial charge in [0.2, 0.25) is 0 Å². The van der Waals surface area contributed by atoms with Crippen LogP contribution >= 0.6 is 7.60 Å². The van der Waals surface area contributed by atoms with Crippen molar-refractivity contribution in [2.45, 2.75) is 19.3 Å². The predicted molar refractivity (Wildman–Crippen MR) is 70.6 cm³/mol. The molecule has 5 N–H and O–H groups in total. The summed E-state index contributed by atoms with van der Waals surface area (Å²) in [6.45, 7) is 4.55. The molecule has 19 heavy (non-hydrogen) atoms. The number of carbonyl (C=O) groups is 1. The molecule has 0 aromatic heterocycles. The summed E-state index contributed by atoms with van der Waals surface area (Å²) < 4.78 is 11.0. The highest BCUT2D eigenvalue weighted by molar-refractivity contribution is 7.52. The molecule has 1 aliphatic rings. The van der Waals surface area contributed by atoms with E-state index < -0.39 is 25.1 Å². The molecule has 0 bridgehead atoms. The topological polar surface area (TPSA) is 131 Å². The van der Waals surface area contributed by atoms with Gasteiger partial charge in [0.1, 0.15) is 0 Å². The predicted octanol–water partition coefficient (Wildman–Crippen LogP) is 0.585. The minimum Gasteiger partial charge on any atom is -0.478 e. The average molecular weight is 290 g/mol. The molecule has 1 atom stereocenters. The lowest BCUT2D eigenvalue weighted by Gasteiger charge is -2.38. The standard InChI is InChI=1S/C11H19N2O5P/c1-8(10(14)15)5-11(3-2-4-13-7-11)9(12)6-19(16,17)18/h12-13H,1-7H2,(H,14,15)(H2,16,17,18)/t11-/m1/s1. The van der Waals surface area contributed by atoms with Crippen LogP contribution in [0.15, 0.2) is 12.2 Å². The van der Waals surface area contributed by atoms with E-state index in [1.165, 1.54) is 0 Å². The first kappa shape index (κ1) is 16.0. The van der Waals surface area contributed by atoms with Crippen molar-refractivity contribution in [3.63, 3.8) is 0 Å². The van der Waals surface area contributed by atoms with E-state index in [2.05, 4.69) is 11.9 Å². The van der Waals surface area contributed by atoms with E-state index in [0.29, 0.717) is 13.0 Å². The van der Waals surface area contributed by atoms with E-state index >= 15 is 0 Å². The summed E-state index contributed by atoms with van der Waals surface area (Å²) in [6.07, 6.45) is 0.664. The molecule has 0 radical (unpaired) electrons. The van der Waals surface area contributed by atoms with E-state index in [0.717, 1.165) is 13.0 Å². The molecule has 1 rings (SSSR count). The second-order valence-corrected chi connectivity index (χ2v) is 6.59. The SMILES string of the molecule is C=C(C[C@]1(C(=N)CP(=O)(O)O)CCCNC1)C(=O)O. The zero-order valence-electron chi connectivity index (χ0n) is 10.6. The third-order valence-electron chi connectivity index (χ3n) is 3.33. The molecule has 0 aromatic carbocycles. The van der Waals surface area contributed by atoms with Crippen molar-refractivity contribution in [3.05, 3.63) is 12.2 Å². The fourth-order valence-electron chi connectivity index (χ4n) is 2.34. The summed E-state index contributed by atoms with van der Waals surface area (Å²) in [7, 11) is -4.33. The van der Waals surface area contributed by atoms with Crippen molar-refractivity contribution < 1.29 is 24.3 Å². The zero-order chi connectivity index (χ0) is 14.7. The number of hydrogen-bond acceptors (Lipinski definition) is 4. The maximum Gasteiger partial charge on any atom is 0.331 e. The minimum absolute atomic E-state index is 0.0359. The van der Waals surface area contributed by atoms with Gasteiger partial charge in [-0.2, -0.15) is 0 Å². The lowest BCUT2D eigenvalue weighted by molar-refractivity contribution is -0.133. The molecule has 1 aliphatic heterocycles. The van der Waals surface area contributed by atoms with Crippen LogP contribution in [0.25, 0.3) is 0 Å². The van der Waals surface area contributed by atoms with Gasteiger partial charge < -0.3 is 25.6 Å². The van der Waals surface area contributed by atoms with Gasteiger partial charge >= 0.3 is 13.6 Å². The van der Waals surface area contributed by atoms with E-state index in [1.54, 1.807) is 0 Å². The van der Waals surface area contributed by atoms with E-state index in [-0.39, 0.29) is 17.7 Å². The van der Waals surface area contributed by atoms with Crippen molar-refractivity contribution in [2.75, 3.05) is 19.3 Å². The molecule has 108 valence electrons. The largest absolute Gasteiger partial charge is 0.478 e. The fraction of sp³-hybridized carbons (Fsp3) is 0.636. The third-order valence-corrected chi connectivity index (χ3v) is 4.06. The third kappa shape index (κ3) is 4.54. The van der Waals surface area contributed by atoms with Crippen LogP contribution in [-0.2, 0) is 9.36 Å². The van der Waals surface area contributed by atoms with Crippen LogP contribution in [-0.4, -0.2) is 45.8 Å². The van der Waals surface area contributed by atoms with E-state index in [9.17, 15) is 9.36 Å². The Hall–Kier alpha value is -1.01. The summed E-state index contributed by atoms with van der Waals surface area (Å²) in [5.74, 6) is -1.14. The number of aliphatic carboxylic acids is 1. The Morgan fingerprint density at radius 2 is 2.11 bits per heavy atom. The quantitative estimate of drug-likeness (QED) is 0.276. The highest BCUT2D eigenvalue weighted by Crippen LogP contribution is 2.41. The average Bonchev–Trinajstić information content (AvgIpc) is 2.27. The molecule has 0 spiro atoms. The molecule has 0 amide bonds. The Morgan fingerprint density at radius 1 is 1.47 bits per heavy atom. The Morgan fingerprint density at radius 3 is 2.53 bits per heavy atom. The molecule has 0 unspecified atom stereocenters. The first-order chi connectivity index (χ1) is 8.66. The number of carboxylic acid groups (broad SMARTS) is 1. The molecule has 0 saturated carbocycles. The van der Waals surface area contributed by atoms with Gasteiger partial charge in [0.25, 0.3) is 0 Å². The molecule has 7 nitrogen and oxygen atoms in total. The molecular weight excluding hydrogens is 271 g/mol. The molecule has 0 aliphatic carbocycles. The van der Waals surface area contributed by atoms with Gasteiger partial charge in [-0.1, -0.05) is 6.58 Å². The highest BCUT2D eigenvalue weighted by Gasteiger charge is 2.40. The first-order valence-electron chi connectivity index (χ1n) is 5.90. The molecular formula is C11H19N2O5P. The lowest BCUT2D eigenvalue weighted by Crippen LogP contribution is -2.47. The van der Waals surface area contributed by atoms with Crippen LogP contribution in [0, 0.1) is 10.8 Å². The van der Waals surface area contributed by atoms with Crippen LogP contribution in [0.4, 0.5) is 0 Å². The van der Waals surface area contributed by atoms with Crippen LogP contribution in [0.5, 0.6) is 0 Å². The lowest BCUT2D eigenvalue weighted by atomic mass is 9.72. The van der Waals surface area contributed by atoms with Gasteiger partial charge in [0, 0.05) is 23.2 Å². The summed E-state index contributed by atoms with van der Waals surface area (Å²) in [5, 5.41) is 19.9. The van der Waals surface area contributed by atoms with E-state index in [4.69, 9.17) is 20.3 Å². The fourth-order valence-corrected chi connectivity index (χ4v) is 3.09. The first-order valence-corrected chi connectivity index (χ1v) is 7.70. The van der Waals surface area contributed by atoms with Gasteiger partial charge in [-0.3, -0.25) is 4.57 Å². The molecule has 8 heteroatoms. The molecule has 0 aromatic rings. The van der Waals surface area contributed by atoms with E-state index in [1.807, 2.05) is 0 Å². The summed E-state index contributed by atoms with van der Waals surface area (Å²) >= 11 is 0.